The van der Waals surface area contributed by atoms with E-state index in [-0.39, 0.29) is 18.1 Å². The fourth-order valence-electron chi connectivity index (χ4n) is 1.92. The highest BCUT2D eigenvalue weighted by atomic mass is 16.5. The second-order valence-corrected chi connectivity index (χ2v) is 4.27. The van der Waals surface area contributed by atoms with E-state index >= 15 is 0 Å². The Kier molecular flexibility index (Phi) is 2.67. The molecule has 1 unspecified atom stereocenters. The van der Waals surface area contributed by atoms with E-state index in [9.17, 15) is 5.11 Å². The first kappa shape index (κ1) is 10.5. The summed E-state index contributed by atoms with van der Waals surface area (Å²) in [7, 11) is 1.64. The van der Waals surface area contributed by atoms with Gasteiger partial charge in [-0.3, -0.25) is 0 Å². The fourth-order valence-corrected chi connectivity index (χ4v) is 1.92. The van der Waals surface area contributed by atoms with Gasteiger partial charge in [0.25, 0.3) is 0 Å². The number of benzene rings is 1. The summed E-state index contributed by atoms with van der Waals surface area (Å²) in [4.78, 5) is 0. The molecule has 1 fully saturated rings. The third-order valence-corrected chi connectivity index (χ3v) is 3.32. The molecule has 0 spiro atoms. The molecule has 1 saturated carbocycles. The van der Waals surface area contributed by atoms with Gasteiger partial charge in [-0.15, -0.1) is 0 Å². The molecule has 1 atom stereocenters. The highest BCUT2D eigenvalue weighted by molar-refractivity contribution is 5.32. The number of aliphatic hydroxyl groups excluding tert-OH is 1. The minimum Gasteiger partial charge on any atom is -0.497 e. The van der Waals surface area contributed by atoms with E-state index in [1.54, 1.807) is 7.11 Å². The zero-order chi connectivity index (χ0) is 10.9. The van der Waals surface area contributed by atoms with Crippen molar-refractivity contribution in [2.75, 3.05) is 13.7 Å². The van der Waals surface area contributed by atoms with Crippen LogP contribution in [-0.4, -0.2) is 18.8 Å². The van der Waals surface area contributed by atoms with Crippen molar-refractivity contribution in [2.24, 2.45) is 11.1 Å². The van der Waals surface area contributed by atoms with Crippen molar-refractivity contribution >= 4 is 0 Å². The lowest BCUT2D eigenvalue weighted by Crippen LogP contribution is -2.25. The molecule has 3 nitrogen and oxygen atoms in total. The van der Waals surface area contributed by atoms with Gasteiger partial charge in [-0.25, -0.2) is 0 Å². The summed E-state index contributed by atoms with van der Waals surface area (Å²) in [6, 6.07) is 7.68. The van der Waals surface area contributed by atoms with Gasteiger partial charge in [-0.1, -0.05) is 12.1 Å². The molecule has 3 heteroatoms. The number of methoxy groups -OCH3 is 1. The van der Waals surface area contributed by atoms with Crippen molar-refractivity contribution in [2.45, 2.75) is 18.9 Å². The molecule has 0 aliphatic heterocycles. The lowest BCUT2D eigenvalue weighted by molar-refractivity contribution is 0.187. The zero-order valence-electron chi connectivity index (χ0n) is 8.94. The third kappa shape index (κ3) is 1.85. The van der Waals surface area contributed by atoms with E-state index in [0.29, 0.717) is 0 Å². The standard InChI is InChI=1S/C12H17NO2/c1-15-10-4-2-3-9(7-10)11(13)12(8-14)5-6-12/h2-4,7,11,14H,5-6,8,13H2,1H3. The Bertz CT molecular complexity index is 347. The van der Waals surface area contributed by atoms with Crippen LogP contribution in [0.25, 0.3) is 0 Å². The number of hydrogen-bond acceptors (Lipinski definition) is 3. The lowest BCUT2D eigenvalue weighted by Gasteiger charge is -2.21. The molecule has 0 bridgehead atoms. The minimum atomic E-state index is -0.0856. The Labute approximate surface area is 89.9 Å². The molecule has 3 N–H and O–H groups in total. The van der Waals surface area contributed by atoms with Crippen LogP contribution in [-0.2, 0) is 0 Å². The summed E-state index contributed by atoms with van der Waals surface area (Å²) in [6.07, 6.45) is 2.03. The topological polar surface area (TPSA) is 55.5 Å². The van der Waals surface area contributed by atoms with Crippen LogP contribution in [0.3, 0.4) is 0 Å². The first-order chi connectivity index (χ1) is 7.22. The maximum atomic E-state index is 9.30. The van der Waals surface area contributed by atoms with E-state index < -0.39 is 0 Å². The van der Waals surface area contributed by atoms with Crippen LogP contribution in [0.5, 0.6) is 5.75 Å². The van der Waals surface area contributed by atoms with Crippen LogP contribution in [0.4, 0.5) is 0 Å². The highest BCUT2D eigenvalue weighted by Gasteiger charge is 2.47. The molecule has 0 heterocycles. The van der Waals surface area contributed by atoms with Gasteiger partial charge in [0.2, 0.25) is 0 Å². The maximum absolute atomic E-state index is 9.30. The summed E-state index contributed by atoms with van der Waals surface area (Å²) >= 11 is 0. The number of rotatable bonds is 4. The van der Waals surface area contributed by atoms with Crippen molar-refractivity contribution in [3.8, 4) is 5.75 Å². The molecule has 0 aromatic heterocycles. The second kappa shape index (κ2) is 3.83. The van der Waals surface area contributed by atoms with E-state index in [4.69, 9.17) is 10.5 Å². The van der Waals surface area contributed by atoms with Gasteiger partial charge in [0.15, 0.2) is 0 Å². The first-order valence-electron chi connectivity index (χ1n) is 5.22. The number of nitrogens with two attached hydrogens (primary N) is 1. The third-order valence-electron chi connectivity index (χ3n) is 3.32. The molecule has 0 amide bonds. The van der Waals surface area contributed by atoms with Crippen molar-refractivity contribution < 1.29 is 9.84 Å². The Hall–Kier alpha value is -1.06. The molecular formula is C12H17NO2. The van der Waals surface area contributed by atoms with Crippen molar-refractivity contribution in [1.82, 2.24) is 0 Å². The van der Waals surface area contributed by atoms with Gasteiger partial charge in [0, 0.05) is 11.5 Å². The average Bonchev–Trinajstić information content (AvgIpc) is 3.09. The number of ether oxygens (including phenoxy) is 1. The zero-order valence-corrected chi connectivity index (χ0v) is 8.94. The average molecular weight is 207 g/mol. The van der Waals surface area contributed by atoms with Crippen LogP contribution < -0.4 is 10.5 Å². The summed E-state index contributed by atoms with van der Waals surface area (Å²) in [5, 5.41) is 9.30. The second-order valence-electron chi connectivity index (χ2n) is 4.27. The monoisotopic (exact) mass is 207 g/mol. The Morgan fingerprint density at radius 3 is 2.80 bits per heavy atom. The van der Waals surface area contributed by atoms with Gasteiger partial charge >= 0.3 is 0 Å². The summed E-state index contributed by atoms with van der Waals surface area (Å²) < 4.78 is 5.15. The first-order valence-corrected chi connectivity index (χ1v) is 5.22. The largest absolute Gasteiger partial charge is 0.497 e. The predicted octanol–water partition coefficient (Wildman–Crippen LogP) is 1.47. The molecular weight excluding hydrogens is 190 g/mol. The molecule has 0 radical (unpaired) electrons. The van der Waals surface area contributed by atoms with Crippen LogP contribution in [0, 0.1) is 5.41 Å². The van der Waals surface area contributed by atoms with Crippen LogP contribution in [0.2, 0.25) is 0 Å². The van der Waals surface area contributed by atoms with Crippen LogP contribution >= 0.6 is 0 Å². The van der Waals surface area contributed by atoms with E-state index in [2.05, 4.69) is 0 Å². The molecule has 1 aliphatic rings. The number of hydrogen-bond donors (Lipinski definition) is 2. The Morgan fingerprint density at radius 2 is 2.27 bits per heavy atom. The van der Waals surface area contributed by atoms with Crippen LogP contribution in [0.1, 0.15) is 24.4 Å². The van der Waals surface area contributed by atoms with Gasteiger partial charge in [0.05, 0.1) is 13.7 Å². The molecule has 82 valence electrons. The molecule has 2 rings (SSSR count). The molecule has 0 saturated heterocycles. The van der Waals surface area contributed by atoms with Gasteiger partial charge in [-0.2, -0.15) is 0 Å². The maximum Gasteiger partial charge on any atom is 0.119 e. The van der Waals surface area contributed by atoms with E-state index in [1.165, 1.54) is 0 Å². The van der Waals surface area contributed by atoms with Crippen molar-refractivity contribution in [3.63, 3.8) is 0 Å². The molecule has 1 aliphatic carbocycles. The van der Waals surface area contributed by atoms with Gasteiger partial charge in [-0.05, 0) is 30.5 Å². The normalized spacial score (nSPS) is 19.7. The molecule has 15 heavy (non-hydrogen) atoms. The molecule has 1 aromatic carbocycles. The van der Waals surface area contributed by atoms with Crippen molar-refractivity contribution in [1.29, 1.82) is 0 Å². The van der Waals surface area contributed by atoms with Gasteiger partial charge in [0.1, 0.15) is 5.75 Å². The lowest BCUT2D eigenvalue weighted by atomic mass is 9.91. The van der Waals surface area contributed by atoms with Gasteiger partial charge < -0.3 is 15.6 Å². The molecule has 1 aromatic rings. The summed E-state index contributed by atoms with van der Waals surface area (Å²) in [6.45, 7) is 0.172. The fraction of sp³-hybridized carbons (Fsp3) is 0.500. The SMILES string of the molecule is COc1cccc(C(N)C2(CO)CC2)c1. The summed E-state index contributed by atoms with van der Waals surface area (Å²) in [5.41, 5.74) is 7.12. The van der Waals surface area contributed by atoms with E-state index in [0.717, 1.165) is 24.2 Å². The van der Waals surface area contributed by atoms with Crippen LogP contribution in [0.15, 0.2) is 24.3 Å². The smallest absolute Gasteiger partial charge is 0.119 e. The highest BCUT2D eigenvalue weighted by Crippen LogP contribution is 2.53. The van der Waals surface area contributed by atoms with Crippen molar-refractivity contribution in [3.05, 3.63) is 29.8 Å². The van der Waals surface area contributed by atoms with E-state index in [1.807, 2.05) is 24.3 Å². The number of aliphatic hydroxyl groups is 1. The Morgan fingerprint density at radius 1 is 1.53 bits per heavy atom. The quantitative estimate of drug-likeness (QED) is 0.786. The predicted molar refractivity (Wildman–Crippen MR) is 58.7 cm³/mol. The minimum absolute atomic E-state index is 0.0770. The Balaban J connectivity index is 2.21. The summed E-state index contributed by atoms with van der Waals surface area (Å²) in [5.74, 6) is 0.816.